The van der Waals surface area contributed by atoms with Crippen molar-refractivity contribution in [1.82, 2.24) is 0 Å². The smallest absolute Gasteiger partial charge is 0.326 e. The number of halogens is 3. The molecule has 0 aliphatic carbocycles. The number of carbonyl (C=O) groups is 1. The third-order valence-electron chi connectivity index (χ3n) is 3.54. The van der Waals surface area contributed by atoms with Crippen LogP contribution in [0.2, 0.25) is 0 Å². The molecule has 2 aromatic rings. The minimum absolute atomic E-state index is 0.0266. The van der Waals surface area contributed by atoms with E-state index >= 15 is 0 Å². The SMILES string of the molecule is CC(C)(C)C(=O)Nc1cccc(NS(=O)(=O)c2ccccc2C(F)(F)F)c1. The molecule has 146 valence electrons. The van der Waals surface area contributed by atoms with E-state index in [2.05, 4.69) is 10.0 Å². The highest BCUT2D eigenvalue weighted by atomic mass is 32.2. The van der Waals surface area contributed by atoms with Gasteiger partial charge in [-0.1, -0.05) is 39.0 Å². The maximum absolute atomic E-state index is 13.1. The summed E-state index contributed by atoms with van der Waals surface area (Å²) in [5.74, 6) is -0.287. The van der Waals surface area contributed by atoms with Crippen LogP contribution < -0.4 is 10.0 Å². The van der Waals surface area contributed by atoms with Crippen LogP contribution in [0.4, 0.5) is 24.5 Å². The van der Waals surface area contributed by atoms with E-state index in [0.717, 1.165) is 12.1 Å². The average molecular weight is 400 g/mol. The normalized spacial score (nSPS) is 12.5. The molecular weight excluding hydrogens is 381 g/mol. The van der Waals surface area contributed by atoms with E-state index in [1.165, 1.54) is 24.3 Å². The molecule has 9 heteroatoms. The lowest BCUT2D eigenvalue weighted by atomic mass is 9.95. The first-order valence-electron chi connectivity index (χ1n) is 7.91. The van der Waals surface area contributed by atoms with Gasteiger partial charge in [-0.25, -0.2) is 8.42 Å². The summed E-state index contributed by atoms with van der Waals surface area (Å²) >= 11 is 0. The maximum Gasteiger partial charge on any atom is 0.417 e. The predicted octanol–water partition coefficient (Wildman–Crippen LogP) is 4.49. The number of benzene rings is 2. The summed E-state index contributed by atoms with van der Waals surface area (Å²) in [6.45, 7) is 5.13. The van der Waals surface area contributed by atoms with Crippen molar-refractivity contribution in [2.45, 2.75) is 31.8 Å². The molecule has 0 atom stereocenters. The van der Waals surface area contributed by atoms with E-state index < -0.39 is 32.1 Å². The topological polar surface area (TPSA) is 75.3 Å². The van der Waals surface area contributed by atoms with Crippen molar-refractivity contribution in [1.29, 1.82) is 0 Å². The lowest BCUT2D eigenvalue weighted by Gasteiger charge is -2.18. The molecule has 1 amide bonds. The Morgan fingerprint density at radius 3 is 2.11 bits per heavy atom. The molecular formula is C18H19F3N2O3S. The average Bonchev–Trinajstić information content (AvgIpc) is 2.53. The van der Waals surface area contributed by atoms with Gasteiger partial charge in [0.25, 0.3) is 10.0 Å². The molecule has 27 heavy (non-hydrogen) atoms. The summed E-state index contributed by atoms with van der Waals surface area (Å²) in [6, 6.07) is 9.65. The van der Waals surface area contributed by atoms with Gasteiger partial charge in [0, 0.05) is 11.1 Å². The van der Waals surface area contributed by atoms with Crippen molar-refractivity contribution in [2.75, 3.05) is 10.0 Å². The number of carbonyl (C=O) groups excluding carboxylic acids is 1. The molecule has 0 saturated carbocycles. The molecule has 0 aliphatic rings. The Kier molecular flexibility index (Phi) is 5.55. The summed E-state index contributed by atoms with van der Waals surface area (Å²) in [6.07, 6.45) is -4.81. The number of rotatable bonds is 4. The Balaban J connectivity index is 2.33. The van der Waals surface area contributed by atoms with E-state index in [1.54, 1.807) is 26.8 Å². The second kappa shape index (κ2) is 7.22. The van der Waals surface area contributed by atoms with Gasteiger partial charge in [-0.05, 0) is 30.3 Å². The summed E-state index contributed by atoms with van der Waals surface area (Å²) in [5.41, 5.74) is -1.58. The number of sulfonamides is 1. The monoisotopic (exact) mass is 400 g/mol. The quantitative estimate of drug-likeness (QED) is 0.794. The molecule has 0 radical (unpaired) electrons. The van der Waals surface area contributed by atoms with Crippen molar-refractivity contribution >= 4 is 27.3 Å². The minimum atomic E-state index is -4.81. The van der Waals surface area contributed by atoms with Crippen LogP contribution >= 0.6 is 0 Å². The molecule has 0 heterocycles. The molecule has 0 saturated heterocycles. The summed E-state index contributed by atoms with van der Waals surface area (Å²) in [7, 11) is -4.48. The van der Waals surface area contributed by atoms with Crippen molar-refractivity contribution < 1.29 is 26.4 Å². The highest BCUT2D eigenvalue weighted by molar-refractivity contribution is 7.92. The summed E-state index contributed by atoms with van der Waals surface area (Å²) in [4.78, 5) is 11.2. The third kappa shape index (κ3) is 5.22. The Labute approximate surface area is 155 Å². The molecule has 2 N–H and O–H groups in total. The standard InChI is InChI=1S/C18H19F3N2O3S/c1-17(2,3)16(24)22-12-7-6-8-13(11-12)23-27(25,26)15-10-5-4-9-14(15)18(19,20)21/h4-11,23H,1-3H3,(H,22,24). The van der Waals surface area contributed by atoms with Crippen LogP contribution in [0.15, 0.2) is 53.4 Å². The zero-order valence-corrected chi connectivity index (χ0v) is 15.7. The Hall–Kier alpha value is -2.55. The molecule has 5 nitrogen and oxygen atoms in total. The molecule has 0 aliphatic heterocycles. The first-order valence-corrected chi connectivity index (χ1v) is 9.39. The van der Waals surface area contributed by atoms with Crippen LogP contribution in [0.3, 0.4) is 0 Å². The summed E-state index contributed by atoms with van der Waals surface area (Å²) in [5, 5.41) is 2.63. The fourth-order valence-electron chi connectivity index (χ4n) is 2.12. The lowest BCUT2D eigenvalue weighted by molar-refractivity contribution is -0.139. The molecule has 0 fully saturated rings. The lowest BCUT2D eigenvalue weighted by Crippen LogP contribution is -2.27. The van der Waals surface area contributed by atoms with Crippen LogP contribution in [0.1, 0.15) is 26.3 Å². The molecule has 2 rings (SSSR count). The van der Waals surface area contributed by atoms with Crippen LogP contribution in [0, 0.1) is 5.41 Å². The van der Waals surface area contributed by atoms with Gasteiger partial charge in [0.05, 0.1) is 16.1 Å². The van der Waals surface area contributed by atoms with Crippen LogP contribution in [0.25, 0.3) is 0 Å². The first kappa shape index (κ1) is 20.8. The third-order valence-corrected chi connectivity index (χ3v) is 4.98. The van der Waals surface area contributed by atoms with Gasteiger partial charge in [-0.3, -0.25) is 9.52 Å². The summed E-state index contributed by atoms with van der Waals surface area (Å²) < 4.78 is 66.3. The zero-order chi connectivity index (χ0) is 20.5. The second-order valence-corrected chi connectivity index (χ2v) is 8.54. The van der Waals surface area contributed by atoms with Gasteiger partial charge in [0.1, 0.15) is 0 Å². The minimum Gasteiger partial charge on any atom is -0.326 e. The largest absolute Gasteiger partial charge is 0.417 e. The number of alkyl halides is 3. The van der Waals surface area contributed by atoms with Crippen molar-refractivity contribution in [3.8, 4) is 0 Å². The number of amides is 1. The molecule has 0 aromatic heterocycles. The van der Waals surface area contributed by atoms with E-state index in [9.17, 15) is 26.4 Å². The number of hydrogen-bond acceptors (Lipinski definition) is 3. The Morgan fingerprint density at radius 2 is 1.52 bits per heavy atom. The number of hydrogen-bond donors (Lipinski definition) is 2. The van der Waals surface area contributed by atoms with Gasteiger partial charge in [-0.2, -0.15) is 13.2 Å². The number of nitrogens with one attached hydrogen (secondary N) is 2. The van der Waals surface area contributed by atoms with Crippen LogP contribution in [-0.2, 0) is 21.0 Å². The highest BCUT2D eigenvalue weighted by Crippen LogP contribution is 2.34. The predicted molar refractivity (Wildman–Crippen MR) is 96.8 cm³/mol. The Bertz CT molecular complexity index is 949. The van der Waals surface area contributed by atoms with E-state index in [4.69, 9.17) is 0 Å². The van der Waals surface area contributed by atoms with Crippen molar-refractivity contribution in [3.05, 3.63) is 54.1 Å². The van der Waals surface area contributed by atoms with Gasteiger partial charge in [0.15, 0.2) is 0 Å². The van der Waals surface area contributed by atoms with Gasteiger partial charge in [-0.15, -0.1) is 0 Å². The number of anilines is 2. The van der Waals surface area contributed by atoms with Crippen molar-refractivity contribution in [3.63, 3.8) is 0 Å². The highest BCUT2D eigenvalue weighted by Gasteiger charge is 2.36. The van der Waals surface area contributed by atoms with Gasteiger partial charge < -0.3 is 5.32 Å². The van der Waals surface area contributed by atoms with E-state index in [-0.39, 0.29) is 11.6 Å². The van der Waals surface area contributed by atoms with Crippen LogP contribution in [-0.4, -0.2) is 14.3 Å². The fraction of sp³-hybridized carbons (Fsp3) is 0.278. The van der Waals surface area contributed by atoms with E-state index in [1.807, 2.05) is 0 Å². The fourth-order valence-corrected chi connectivity index (χ4v) is 3.40. The van der Waals surface area contributed by atoms with Crippen LogP contribution in [0.5, 0.6) is 0 Å². The first-order chi connectivity index (χ1) is 12.3. The molecule has 0 spiro atoms. The molecule has 0 bridgehead atoms. The maximum atomic E-state index is 13.1. The Morgan fingerprint density at radius 1 is 0.926 bits per heavy atom. The van der Waals surface area contributed by atoms with Gasteiger partial charge in [0.2, 0.25) is 5.91 Å². The van der Waals surface area contributed by atoms with Crippen molar-refractivity contribution in [2.24, 2.45) is 5.41 Å². The van der Waals surface area contributed by atoms with E-state index in [0.29, 0.717) is 11.8 Å². The molecule has 0 unspecified atom stereocenters. The van der Waals surface area contributed by atoms with Gasteiger partial charge >= 0.3 is 6.18 Å². The second-order valence-electron chi connectivity index (χ2n) is 6.88. The molecule has 2 aromatic carbocycles. The zero-order valence-electron chi connectivity index (χ0n) is 14.9.